The molecule has 1 heterocycles. The standard InChI is InChI=1S/C21H24F3O6P/c1-28-12-2-4-13(5-3-12)29-21-20(26)18(25)10-14(30-21)8-9-31(27)11-15-16(22)6-7-17(23)19(15)24/h2-7,14,18,20-21,25-27H,8-11H2,1H3. The van der Waals surface area contributed by atoms with Crippen LogP contribution < -0.4 is 9.47 Å². The highest BCUT2D eigenvalue weighted by Gasteiger charge is 2.38. The van der Waals surface area contributed by atoms with Crippen molar-refractivity contribution in [2.45, 2.75) is 43.6 Å². The van der Waals surface area contributed by atoms with E-state index in [-0.39, 0.29) is 25.2 Å². The van der Waals surface area contributed by atoms with Crippen molar-refractivity contribution in [3.8, 4) is 11.5 Å². The largest absolute Gasteiger partial charge is 0.497 e. The number of aliphatic hydroxyl groups excluding tert-OH is 2. The first-order valence-corrected chi connectivity index (χ1v) is 11.3. The summed E-state index contributed by atoms with van der Waals surface area (Å²) in [5.74, 6) is -2.37. The van der Waals surface area contributed by atoms with Gasteiger partial charge >= 0.3 is 0 Å². The van der Waals surface area contributed by atoms with Crippen LogP contribution in [0.15, 0.2) is 36.4 Å². The summed E-state index contributed by atoms with van der Waals surface area (Å²) in [6.45, 7) is 0. The normalized spacial score (nSPS) is 24.6. The summed E-state index contributed by atoms with van der Waals surface area (Å²) in [6.07, 6.45) is -3.90. The number of hydrogen-bond acceptors (Lipinski definition) is 6. The van der Waals surface area contributed by atoms with Crippen LogP contribution in [-0.2, 0) is 10.9 Å². The van der Waals surface area contributed by atoms with Gasteiger partial charge in [-0.1, -0.05) is 0 Å². The van der Waals surface area contributed by atoms with Crippen molar-refractivity contribution in [1.29, 1.82) is 0 Å². The van der Waals surface area contributed by atoms with Crippen LogP contribution in [0.5, 0.6) is 11.5 Å². The van der Waals surface area contributed by atoms with Gasteiger partial charge in [0.1, 0.15) is 23.4 Å². The van der Waals surface area contributed by atoms with Gasteiger partial charge in [0.05, 0.1) is 19.3 Å². The Kier molecular flexibility index (Phi) is 8.13. The monoisotopic (exact) mass is 460 g/mol. The quantitative estimate of drug-likeness (QED) is 0.414. The zero-order valence-electron chi connectivity index (χ0n) is 16.7. The lowest BCUT2D eigenvalue weighted by Crippen LogP contribution is -2.51. The summed E-state index contributed by atoms with van der Waals surface area (Å²) in [5, 5.41) is 20.3. The molecule has 0 radical (unpaired) electrons. The molecule has 10 heteroatoms. The molecule has 0 amide bonds. The Morgan fingerprint density at radius 3 is 2.35 bits per heavy atom. The van der Waals surface area contributed by atoms with E-state index in [0.29, 0.717) is 17.6 Å². The molecular formula is C21H24F3O6P. The molecule has 5 atom stereocenters. The smallest absolute Gasteiger partial charge is 0.228 e. The van der Waals surface area contributed by atoms with Crippen LogP contribution in [0.3, 0.4) is 0 Å². The van der Waals surface area contributed by atoms with E-state index in [1.54, 1.807) is 24.3 Å². The zero-order valence-corrected chi connectivity index (χ0v) is 17.6. The third-order valence-corrected chi connectivity index (χ3v) is 6.46. The molecule has 5 unspecified atom stereocenters. The van der Waals surface area contributed by atoms with Crippen molar-refractivity contribution in [2.24, 2.45) is 0 Å². The van der Waals surface area contributed by atoms with Gasteiger partial charge in [-0.05, 0) is 49.0 Å². The lowest BCUT2D eigenvalue weighted by molar-refractivity contribution is -0.235. The summed E-state index contributed by atoms with van der Waals surface area (Å²) in [7, 11) is -0.320. The first kappa shape index (κ1) is 23.8. The third kappa shape index (κ3) is 6.08. The van der Waals surface area contributed by atoms with Crippen LogP contribution in [-0.4, -0.2) is 53.0 Å². The maximum atomic E-state index is 13.8. The van der Waals surface area contributed by atoms with E-state index < -0.39 is 55.8 Å². The maximum absolute atomic E-state index is 13.8. The predicted molar refractivity (Wildman–Crippen MR) is 108 cm³/mol. The highest BCUT2D eigenvalue weighted by molar-refractivity contribution is 7.50. The van der Waals surface area contributed by atoms with Gasteiger partial charge in [-0.2, -0.15) is 0 Å². The minimum absolute atomic E-state index is 0.107. The average Bonchev–Trinajstić information content (AvgIpc) is 2.76. The molecule has 0 spiro atoms. The number of hydrogen-bond donors (Lipinski definition) is 3. The third-order valence-electron chi connectivity index (χ3n) is 5.00. The van der Waals surface area contributed by atoms with Gasteiger partial charge < -0.3 is 29.3 Å². The molecule has 1 fully saturated rings. The van der Waals surface area contributed by atoms with E-state index in [2.05, 4.69) is 0 Å². The SMILES string of the molecule is COc1ccc(OC2OC(CCP(O)Cc3c(F)ccc(F)c3F)CC(O)C2O)cc1. The summed E-state index contributed by atoms with van der Waals surface area (Å²) < 4.78 is 57.3. The van der Waals surface area contributed by atoms with Crippen molar-refractivity contribution >= 4 is 8.15 Å². The number of rotatable bonds is 8. The molecule has 1 saturated heterocycles. The number of benzene rings is 2. The van der Waals surface area contributed by atoms with Gasteiger partial charge in [-0.3, -0.25) is 0 Å². The molecule has 0 saturated carbocycles. The summed E-state index contributed by atoms with van der Waals surface area (Å²) >= 11 is 0. The maximum Gasteiger partial charge on any atom is 0.228 e. The van der Waals surface area contributed by atoms with Gasteiger partial charge in [-0.25, -0.2) is 13.2 Å². The molecular weight excluding hydrogens is 436 g/mol. The Balaban J connectivity index is 1.56. The van der Waals surface area contributed by atoms with Crippen LogP contribution in [0.4, 0.5) is 13.2 Å². The molecule has 1 aliphatic rings. The molecule has 6 nitrogen and oxygen atoms in total. The molecule has 0 aromatic heterocycles. The summed E-state index contributed by atoms with van der Waals surface area (Å²) in [5.41, 5.74) is -0.491. The Morgan fingerprint density at radius 2 is 1.68 bits per heavy atom. The molecule has 2 aromatic rings. The van der Waals surface area contributed by atoms with E-state index in [1.165, 1.54) is 7.11 Å². The fraction of sp³-hybridized carbons (Fsp3) is 0.429. The lowest BCUT2D eigenvalue weighted by Gasteiger charge is -2.37. The number of aliphatic hydroxyl groups is 2. The summed E-state index contributed by atoms with van der Waals surface area (Å²) in [4.78, 5) is 10.2. The van der Waals surface area contributed by atoms with Crippen molar-refractivity contribution in [1.82, 2.24) is 0 Å². The summed E-state index contributed by atoms with van der Waals surface area (Å²) in [6, 6.07) is 8.10. The minimum atomic E-state index is -1.85. The molecule has 170 valence electrons. The molecule has 1 aliphatic heterocycles. The van der Waals surface area contributed by atoms with Gasteiger partial charge in [-0.15, -0.1) is 0 Å². The van der Waals surface area contributed by atoms with Crippen LogP contribution >= 0.6 is 8.15 Å². The molecule has 31 heavy (non-hydrogen) atoms. The van der Waals surface area contributed by atoms with E-state index in [1.807, 2.05) is 0 Å². The Bertz CT molecular complexity index is 869. The van der Waals surface area contributed by atoms with E-state index in [4.69, 9.17) is 14.2 Å². The van der Waals surface area contributed by atoms with Gasteiger partial charge in [0.2, 0.25) is 6.29 Å². The van der Waals surface area contributed by atoms with Gasteiger partial charge in [0.15, 0.2) is 11.6 Å². The number of ether oxygens (including phenoxy) is 3. The first-order chi connectivity index (χ1) is 14.8. The second-order valence-electron chi connectivity index (χ2n) is 7.21. The predicted octanol–water partition coefficient (Wildman–Crippen LogP) is 3.31. The lowest BCUT2D eigenvalue weighted by atomic mass is 10.0. The van der Waals surface area contributed by atoms with Gasteiger partial charge in [0.25, 0.3) is 0 Å². The molecule has 0 bridgehead atoms. The fourth-order valence-corrected chi connectivity index (χ4v) is 4.66. The molecule has 3 rings (SSSR count). The first-order valence-electron chi connectivity index (χ1n) is 9.67. The van der Waals surface area contributed by atoms with Crippen LogP contribution in [0, 0.1) is 17.5 Å². The zero-order chi connectivity index (χ0) is 22.5. The molecule has 0 aliphatic carbocycles. The minimum Gasteiger partial charge on any atom is -0.497 e. The number of halogens is 3. The topological polar surface area (TPSA) is 88.4 Å². The molecule has 2 aromatic carbocycles. The Morgan fingerprint density at radius 1 is 1.03 bits per heavy atom. The van der Waals surface area contributed by atoms with Crippen molar-refractivity contribution in [2.75, 3.05) is 13.3 Å². The van der Waals surface area contributed by atoms with E-state index in [0.717, 1.165) is 6.07 Å². The Labute approximate surface area is 179 Å². The van der Waals surface area contributed by atoms with E-state index in [9.17, 15) is 28.3 Å². The van der Waals surface area contributed by atoms with Crippen LogP contribution in [0.2, 0.25) is 0 Å². The fourth-order valence-electron chi connectivity index (χ4n) is 3.26. The van der Waals surface area contributed by atoms with E-state index >= 15 is 0 Å². The van der Waals surface area contributed by atoms with Crippen LogP contribution in [0.1, 0.15) is 18.4 Å². The Hall–Kier alpha value is -1.90. The second-order valence-corrected chi connectivity index (χ2v) is 8.99. The molecule has 3 N–H and O–H groups in total. The highest BCUT2D eigenvalue weighted by atomic mass is 31.1. The van der Waals surface area contributed by atoms with Crippen molar-refractivity contribution in [3.63, 3.8) is 0 Å². The van der Waals surface area contributed by atoms with Gasteiger partial charge in [0, 0.05) is 26.3 Å². The average molecular weight is 460 g/mol. The van der Waals surface area contributed by atoms with Crippen LogP contribution in [0.25, 0.3) is 0 Å². The van der Waals surface area contributed by atoms with Crippen molar-refractivity contribution < 1.29 is 42.5 Å². The second kappa shape index (κ2) is 10.6. The number of methoxy groups -OCH3 is 1. The highest BCUT2D eigenvalue weighted by Crippen LogP contribution is 2.39. The van der Waals surface area contributed by atoms with Crippen molar-refractivity contribution in [3.05, 3.63) is 59.4 Å².